The first-order valence-electron chi connectivity index (χ1n) is 3.72. The first kappa shape index (κ1) is 11.2. The van der Waals surface area contributed by atoms with Gasteiger partial charge in [-0.05, 0) is 6.08 Å². The molecule has 0 unspecified atom stereocenters. The van der Waals surface area contributed by atoms with Gasteiger partial charge in [-0.15, -0.1) is 0 Å². The number of hydrogen-bond acceptors (Lipinski definition) is 3. The molecule has 0 aliphatic carbocycles. The van der Waals surface area contributed by atoms with Gasteiger partial charge in [0, 0.05) is 14.2 Å². The molecular weight excluding hydrogens is 156 g/mol. The fourth-order valence-electron chi connectivity index (χ4n) is 0.644. The van der Waals surface area contributed by atoms with E-state index < -0.39 is 0 Å². The minimum atomic E-state index is 0.494. The molecule has 0 aliphatic rings. The lowest BCUT2D eigenvalue weighted by Crippen LogP contribution is -1.95. The molecule has 0 atom stereocenters. The third-order valence-electron chi connectivity index (χ3n) is 1.23. The van der Waals surface area contributed by atoms with Gasteiger partial charge in [-0.1, -0.05) is 12.2 Å². The van der Waals surface area contributed by atoms with Crippen LogP contribution in [-0.4, -0.2) is 34.5 Å². The summed E-state index contributed by atoms with van der Waals surface area (Å²) in [5, 5.41) is 0. The van der Waals surface area contributed by atoms with Gasteiger partial charge in [0.25, 0.3) is 0 Å². The Morgan fingerprint density at radius 1 is 1.17 bits per heavy atom. The smallest absolute Gasteiger partial charge is 0.121 e. The van der Waals surface area contributed by atoms with Gasteiger partial charge < -0.3 is 14.2 Å². The van der Waals surface area contributed by atoms with Crippen molar-refractivity contribution in [3.63, 3.8) is 0 Å². The van der Waals surface area contributed by atoms with Crippen molar-refractivity contribution >= 4 is 0 Å². The molecule has 0 aromatic heterocycles. The Morgan fingerprint density at radius 3 is 2.42 bits per heavy atom. The summed E-state index contributed by atoms with van der Waals surface area (Å²) < 4.78 is 14.7. The Morgan fingerprint density at radius 2 is 1.92 bits per heavy atom. The Hall–Kier alpha value is -0.800. The standard InChI is InChI=1S/C9H16O3/c1-10-7-5-4-6-9(12-3)8-11-2/h4-6H,7-8H2,1-3H3/b5-4-,9-6+. The van der Waals surface area contributed by atoms with Crippen molar-refractivity contribution < 1.29 is 14.2 Å². The highest BCUT2D eigenvalue weighted by atomic mass is 16.5. The molecular formula is C9H16O3. The van der Waals surface area contributed by atoms with E-state index >= 15 is 0 Å². The van der Waals surface area contributed by atoms with Crippen molar-refractivity contribution in [2.24, 2.45) is 0 Å². The second kappa shape index (κ2) is 8.30. The minimum absolute atomic E-state index is 0.494. The van der Waals surface area contributed by atoms with E-state index in [1.165, 1.54) is 0 Å². The van der Waals surface area contributed by atoms with Crippen molar-refractivity contribution in [2.75, 3.05) is 34.5 Å². The van der Waals surface area contributed by atoms with E-state index in [1.54, 1.807) is 21.3 Å². The fourth-order valence-corrected chi connectivity index (χ4v) is 0.644. The van der Waals surface area contributed by atoms with Crippen LogP contribution in [0.4, 0.5) is 0 Å². The fraction of sp³-hybridized carbons (Fsp3) is 0.556. The van der Waals surface area contributed by atoms with Crippen molar-refractivity contribution in [3.05, 3.63) is 24.0 Å². The summed E-state index contributed by atoms with van der Waals surface area (Å²) in [7, 11) is 4.90. The van der Waals surface area contributed by atoms with E-state index in [1.807, 2.05) is 18.2 Å². The molecule has 70 valence electrons. The average molecular weight is 172 g/mol. The monoisotopic (exact) mass is 172 g/mol. The van der Waals surface area contributed by atoms with Gasteiger partial charge in [-0.3, -0.25) is 0 Å². The molecule has 0 bridgehead atoms. The van der Waals surface area contributed by atoms with Crippen molar-refractivity contribution in [1.82, 2.24) is 0 Å². The van der Waals surface area contributed by atoms with Crippen LogP contribution in [0.3, 0.4) is 0 Å². The largest absolute Gasteiger partial charge is 0.499 e. The average Bonchev–Trinajstić information content (AvgIpc) is 2.10. The van der Waals surface area contributed by atoms with Gasteiger partial charge in [0.15, 0.2) is 0 Å². The number of hydrogen-bond donors (Lipinski definition) is 0. The van der Waals surface area contributed by atoms with Crippen LogP contribution in [0, 0.1) is 0 Å². The van der Waals surface area contributed by atoms with Crippen molar-refractivity contribution in [1.29, 1.82) is 0 Å². The Labute approximate surface area is 73.6 Å². The molecule has 0 spiro atoms. The maximum Gasteiger partial charge on any atom is 0.121 e. The Kier molecular flexibility index (Phi) is 7.74. The number of methoxy groups -OCH3 is 3. The van der Waals surface area contributed by atoms with Gasteiger partial charge in [0.1, 0.15) is 12.4 Å². The quantitative estimate of drug-likeness (QED) is 0.447. The zero-order chi connectivity index (χ0) is 9.23. The second-order valence-corrected chi connectivity index (χ2v) is 2.15. The Bertz CT molecular complexity index is 150. The maximum atomic E-state index is 5.01. The van der Waals surface area contributed by atoms with Gasteiger partial charge in [-0.2, -0.15) is 0 Å². The minimum Gasteiger partial charge on any atom is -0.499 e. The van der Waals surface area contributed by atoms with Crippen LogP contribution in [0.1, 0.15) is 0 Å². The second-order valence-electron chi connectivity index (χ2n) is 2.15. The molecule has 0 rings (SSSR count). The van der Waals surface area contributed by atoms with Crippen LogP contribution in [0.5, 0.6) is 0 Å². The lowest BCUT2D eigenvalue weighted by atomic mass is 10.4. The molecule has 0 aromatic carbocycles. The van der Waals surface area contributed by atoms with E-state index in [9.17, 15) is 0 Å². The molecule has 0 aliphatic heterocycles. The van der Waals surface area contributed by atoms with Crippen LogP contribution in [0.25, 0.3) is 0 Å². The molecule has 0 saturated heterocycles. The third-order valence-corrected chi connectivity index (χ3v) is 1.23. The lowest BCUT2D eigenvalue weighted by Gasteiger charge is -2.01. The molecule has 0 aromatic rings. The van der Waals surface area contributed by atoms with Crippen LogP contribution in [0.15, 0.2) is 24.0 Å². The van der Waals surface area contributed by atoms with E-state index in [0.29, 0.717) is 13.2 Å². The van der Waals surface area contributed by atoms with Crippen molar-refractivity contribution in [2.45, 2.75) is 0 Å². The molecule has 0 N–H and O–H groups in total. The van der Waals surface area contributed by atoms with Crippen molar-refractivity contribution in [3.8, 4) is 0 Å². The molecule has 0 heterocycles. The Balaban J connectivity index is 3.75. The van der Waals surface area contributed by atoms with E-state index in [0.717, 1.165) is 5.76 Å². The zero-order valence-corrected chi connectivity index (χ0v) is 7.87. The number of allylic oxidation sites excluding steroid dienone is 2. The molecule has 0 saturated carbocycles. The molecule has 3 nitrogen and oxygen atoms in total. The topological polar surface area (TPSA) is 27.7 Å². The van der Waals surface area contributed by atoms with Gasteiger partial charge in [0.2, 0.25) is 0 Å². The summed E-state index contributed by atoms with van der Waals surface area (Å²) in [6.07, 6.45) is 5.62. The summed E-state index contributed by atoms with van der Waals surface area (Å²) in [4.78, 5) is 0. The van der Waals surface area contributed by atoms with Crippen LogP contribution < -0.4 is 0 Å². The summed E-state index contributed by atoms with van der Waals surface area (Å²) in [6.45, 7) is 1.11. The molecule has 0 amide bonds. The zero-order valence-electron chi connectivity index (χ0n) is 7.87. The summed E-state index contributed by atoms with van der Waals surface area (Å²) in [6, 6.07) is 0. The SMILES string of the molecule is COC/C=C\C=C(/COC)OC. The highest BCUT2D eigenvalue weighted by molar-refractivity contribution is 5.07. The summed E-state index contributed by atoms with van der Waals surface area (Å²) >= 11 is 0. The predicted octanol–water partition coefficient (Wildman–Crippen LogP) is 1.37. The van der Waals surface area contributed by atoms with Crippen LogP contribution in [-0.2, 0) is 14.2 Å². The van der Waals surface area contributed by atoms with E-state index in [2.05, 4.69) is 0 Å². The predicted molar refractivity (Wildman–Crippen MR) is 48.0 cm³/mol. The van der Waals surface area contributed by atoms with Crippen LogP contribution in [0.2, 0.25) is 0 Å². The lowest BCUT2D eigenvalue weighted by molar-refractivity contribution is 0.159. The normalized spacial score (nSPS) is 12.4. The third kappa shape index (κ3) is 5.95. The molecule has 0 radical (unpaired) electrons. The van der Waals surface area contributed by atoms with E-state index in [-0.39, 0.29) is 0 Å². The van der Waals surface area contributed by atoms with E-state index in [4.69, 9.17) is 14.2 Å². The molecule has 3 heteroatoms. The molecule has 0 fully saturated rings. The highest BCUT2D eigenvalue weighted by Crippen LogP contribution is 1.95. The maximum absolute atomic E-state index is 5.01. The summed E-state index contributed by atoms with van der Waals surface area (Å²) in [5.74, 6) is 0.796. The highest BCUT2D eigenvalue weighted by Gasteiger charge is 1.90. The van der Waals surface area contributed by atoms with Crippen LogP contribution >= 0.6 is 0 Å². The molecule has 12 heavy (non-hydrogen) atoms. The van der Waals surface area contributed by atoms with Gasteiger partial charge in [-0.25, -0.2) is 0 Å². The number of ether oxygens (including phenoxy) is 3. The first-order chi connectivity index (χ1) is 5.85. The summed E-state index contributed by atoms with van der Waals surface area (Å²) in [5.41, 5.74) is 0. The number of rotatable bonds is 6. The van der Waals surface area contributed by atoms with Gasteiger partial charge in [0.05, 0.1) is 13.7 Å². The first-order valence-corrected chi connectivity index (χ1v) is 3.72. The van der Waals surface area contributed by atoms with Gasteiger partial charge >= 0.3 is 0 Å².